The summed E-state index contributed by atoms with van der Waals surface area (Å²) in [5, 5.41) is 2.83. The summed E-state index contributed by atoms with van der Waals surface area (Å²) in [5.41, 5.74) is 3.03. The number of benzene rings is 1. The molecule has 3 heteroatoms. The summed E-state index contributed by atoms with van der Waals surface area (Å²) in [6, 6.07) is 5.79. The minimum absolute atomic E-state index is 0.0955. The number of nitrogens with one attached hydrogen (secondary N) is 1. The van der Waals surface area contributed by atoms with E-state index in [1.54, 1.807) is 6.92 Å². The number of hydrogen-bond donors (Lipinski definition) is 1. The largest absolute Gasteiger partial charge is 0.479 e. The van der Waals surface area contributed by atoms with Gasteiger partial charge in [0.2, 0.25) is 0 Å². The van der Waals surface area contributed by atoms with Crippen molar-refractivity contribution in [2.24, 2.45) is 0 Å². The molecular weight excluding hydrogens is 202 g/mol. The average molecular weight is 217 g/mol. The Morgan fingerprint density at radius 2 is 2.19 bits per heavy atom. The topological polar surface area (TPSA) is 38.3 Å². The van der Waals surface area contributed by atoms with Gasteiger partial charge in [0.05, 0.1) is 5.69 Å². The van der Waals surface area contributed by atoms with E-state index in [1.165, 1.54) is 5.57 Å². The third-order valence-corrected chi connectivity index (χ3v) is 2.39. The minimum atomic E-state index is -0.415. The van der Waals surface area contributed by atoms with Crippen molar-refractivity contribution in [1.29, 1.82) is 0 Å². The molecule has 1 heterocycles. The molecule has 1 N–H and O–H groups in total. The van der Waals surface area contributed by atoms with Crippen LogP contribution in [0.5, 0.6) is 5.75 Å². The first-order valence-electron chi connectivity index (χ1n) is 5.33. The molecule has 0 fully saturated rings. The van der Waals surface area contributed by atoms with E-state index < -0.39 is 6.10 Å². The van der Waals surface area contributed by atoms with Gasteiger partial charge in [-0.3, -0.25) is 4.79 Å². The lowest BCUT2D eigenvalue weighted by Gasteiger charge is -2.23. The molecule has 2 rings (SSSR count). The Morgan fingerprint density at radius 3 is 2.88 bits per heavy atom. The predicted molar refractivity (Wildman–Crippen MR) is 64.5 cm³/mol. The molecule has 3 nitrogen and oxygen atoms in total. The summed E-state index contributed by atoms with van der Waals surface area (Å²) in [6.07, 6.45) is 1.64. The molecule has 1 unspecified atom stereocenters. The molecular formula is C13H15NO2. The van der Waals surface area contributed by atoms with Gasteiger partial charge in [-0.15, -0.1) is 0 Å². The molecule has 1 aliphatic heterocycles. The van der Waals surface area contributed by atoms with Gasteiger partial charge < -0.3 is 10.1 Å². The molecule has 0 aromatic heterocycles. The van der Waals surface area contributed by atoms with Crippen molar-refractivity contribution in [3.63, 3.8) is 0 Å². The Balaban J connectivity index is 2.36. The van der Waals surface area contributed by atoms with Gasteiger partial charge in [-0.2, -0.15) is 0 Å². The summed E-state index contributed by atoms with van der Waals surface area (Å²) in [6.45, 7) is 5.81. The van der Waals surface area contributed by atoms with Gasteiger partial charge in [0.15, 0.2) is 6.10 Å². The lowest BCUT2D eigenvalue weighted by molar-refractivity contribution is -0.122. The molecule has 0 aliphatic carbocycles. The molecule has 1 aromatic rings. The maximum atomic E-state index is 11.4. The molecule has 16 heavy (non-hydrogen) atoms. The Morgan fingerprint density at radius 1 is 1.44 bits per heavy atom. The van der Waals surface area contributed by atoms with Gasteiger partial charge in [-0.25, -0.2) is 0 Å². The van der Waals surface area contributed by atoms with Crippen molar-refractivity contribution in [3.05, 3.63) is 29.3 Å². The normalized spacial score (nSPS) is 18.2. The number of anilines is 1. The number of fused-ring (bicyclic) bond motifs is 1. The SMILES string of the molecule is CC(C)=Cc1ccc2c(c1)NC(=O)C(C)O2. The molecule has 1 amide bonds. The van der Waals surface area contributed by atoms with E-state index in [4.69, 9.17) is 4.74 Å². The minimum Gasteiger partial charge on any atom is -0.479 e. The van der Waals surface area contributed by atoms with E-state index in [0.29, 0.717) is 0 Å². The molecule has 1 aliphatic rings. The van der Waals surface area contributed by atoms with Crippen LogP contribution < -0.4 is 10.1 Å². The molecule has 0 bridgehead atoms. The van der Waals surface area contributed by atoms with Crippen molar-refractivity contribution in [2.75, 3.05) is 5.32 Å². The van der Waals surface area contributed by atoms with Gasteiger partial charge in [-0.05, 0) is 38.5 Å². The second-order valence-corrected chi connectivity index (χ2v) is 4.23. The first-order chi connectivity index (χ1) is 7.56. The van der Waals surface area contributed by atoms with Gasteiger partial charge in [-0.1, -0.05) is 17.7 Å². The molecule has 1 aromatic carbocycles. The van der Waals surface area contributed by atoms with Crippen LogP contribution in [0.15, 0.2) is 23.8 Å². The van der Waals surface area contributed by atoms with Crippen LogP contribution in [-0.2, 0) is 4.79 Å². The Kier molecular flexibility index (Phi) is 2.69. The summed E-state index contributed by atoms with van der Waals surface area (Å²) in [7, 11) is 0. The quantitative estimate of drug-likeness (QED) is 0.785. The van der Waals surface area contributed by atoms with E-state index in [0.717, 1.165) is 17.0 Å². The number of rotatable bonds is 1. The zero-order valence-electron chi connectivity index (χ0n) is 9.70. The van der Waals surface area contributed by atoms with Gasteiger partial charge in [0.25, 0.3) is 5.91 Å². The predicted octanol–water partition coefficient (Wildman–Crippen LogP) is 2.83. The van der Waals surface area contributed by atoms with Gasteiger partial charge >= 0.3 is 0 Å². The lowest BCUT2D eigenvalue weighted by Crippen LogP contribution is -2.34. The highest BCUT2D eigenvalue weighted by molar-refractivity contribution is 5.97. The average Bonchev–Trinajstić information content (AvgIpc) is 2.19. The third kappa shape index (κ3) is 2.08. The first-order valence-corrected chi connectivity index (χ1v) is 5.33. The number of carbonyl (C=O) groups is 1. The first kappa shape index (κ1) is 10.7. The van der Waals surface area contributed by atoms with Crippen LogP contribution in [0.4, 0.5) is 5.69 Å². The van der Waals surface area contributed by atoms with Crippen molar-refractivity contribution < 1.29 is 9.53 Å². The van der Waals surface area contributed by atoms with Crippen LogP contribution in [0, 0.1) is 0 Å². The summed E-state index contributed by atoms with van der Waals surface area (Å²) in [5.74, 6) is 0.639. The summed E-state index contributed by atoms with van der Waals surface area (Å²) >= 11 is 0. The Hall–Kier alpha value is -1.77. The van der Waals surface area contributed by atoms with Gasteiger partial charge in [0, 0.05) is 0 Å². The van der Waals surface area contributed by atoms with Crippen LogP contribution in [-0.4, -0.2) is 12.0 Å². The Labute approximate surface area is 95.1 Å². The van der Waals surface area contributed by atoms with Crippen LogP contribution in [0.3, 0.4) is 0 Å². The summed E-state index contributed by atoms with van der Waals surface area (Å²) in [4.78, 5) is 11.4. The number of allylic oxidation sites excluding steroid dienone is 1. The molecule has 0 saturated heterocycles. The van der Waals surface area contributed by atoms with Crippen molar-refractivity contribution in [3.8, 4) is 5.75 Å². The monoisotopic (exact) mass is 217 g/mol. The highest BCUT2D eigenvalue weighted by atomic mass is 16.5. The second-order valence-electron chi connectivity index (χ2n) is 4.23. The fourth-order valence-electron chi connectivity index (χ4n) is 1.65. The summed E-state index contributed by atoms with van der Waals surface area (Å²) < 4.78 is 5.47. The molecule has 0 radical (unpaired) electrons. The van der Waals surface area contributed by atoms with E-state index in [9.17, 15) is 4.79 Å². The van der Waals surface area contributed by atoms with E-state index in [-0.39, 0.29) is 5.91 Å². The molecule has 0 spiro atoms. The van der Waals surface area contributed by atoms with Gasteiger partial charge in [0.1, 0.15) is 5.75 Å². The Bertz CT molecular complexity index is 459. The fraction of sp³-hybridized carbons (Fsp3) is 0.308. The highest BCUT2D eigenvalue weighted by Gasteiger charge is 2.23. The smallest absolute Gasteiger partial charge is 0.265 e. The zero-order valence-corrected chi connectivity index (χ0v) is 9.70. The maximum Gasteiger partial charge on any atom is 0.265 e. The standard InChI is InChI=1S/C13H15NO2/c1-8(2)6-10-4-5-12-11(7-10)14-13(15)9(3)16-12/h4-7,9H,1-3H3,(H,14,15). The molecule has 84 valence electrons. The van der Waals surface area contributed by atoms with E-state index in [1.807, 2.05) is 32.0 Å². The van der Waals surface area contributed by atoms with Crippen LogP contribution in [0.1, 0.15) is 26.3 Å². The number of amides is 1. The number of carbonyl (C=O) groups excluding carboxylic acids is 1. The van der Waals surface area contributed by atoms with Crippen LogP contribution in [0.2, 0.25) is 0 Å². The van der Waals surface area contributed by atoms with Crippen molar-refractivity contribution in [2.45, 2.75) is 26.9 Å². The fourth-order valence-corrected chi connectivity index (χ4v) is 1.65. The highest BCUT2D eigenvalue weighted by Crippen LogP contribution is 2.30. The molecule has 0 saturated carbocycles. The van der Waals surface area contributed by atoms with Crippen molar-refractivity contribution >= 4 is 17.7 Å². The number of hydrogen-bond acceptors (Lipinski definition) is 2. The molecule has 1 atom stereocenters. The van der Waals surface area contributed by atoms with E-state index in [2.05, 4.69) is 11.4 Å². The maximum absolute atomic E-state index is 11.4. The lowest BCUT2D eigenvalue weighted by atomic mass is 10.1. The van der Waals surface area contributed by atoms with Crippen LogP contribution >= 0.6 is 0 Å². The van der Waals surface area contributed by atoms with Crippen molar-refractivity contribution in [1.82, 2.24) is 0 Å². The van der Waals surface area contributed by atoms with E-state index >= 15 is 0 Å². The van der Waals surface area contributed by atoms with Crippen LogP contribution in [0.25, 0.3) is 6.08 Å². The third-order valence-electron chi connectivity index (χ3n) is 2.39. The second kappa shape index (κ2) is 4.00. The number of ether oxygens (including phenoxy) is 1. The zero-order chi connectivity index (χ0) is 11.7.